The number of thioether (sulfide) groups is 1. The van der Waals surface area contributed by atoms with Crippen LogP contribution in [0.25, 0.3) is 0 Å². The molecule has 0 bridgehead atoms. The normalized spacial score (nSPS) is 11.4. The van der Waals surface area contributed by atoms with E-state index in [0.717, 1.165) is 16.0 Å². The minimum atomic E-state index is -0.464. The van der Waals surface area contributed by atoms with Crippen LogP contribution in [0.15, 0.2) is 120 Å². The second-order valence-electron chi connectivity index (χ2n) is 7.42. The Morgan fingerprint density at radius 3 is 1.97 bits per heavy atom. The lowest BCUT2D eigenvalue weighted by Crippen LogP contribution is -2.26. The number of benzene rings is 4. The van der Waals surface area contributed by atoms with E-state index >= 15 is 0 Å². The number of carbonyl (C=O) groups excluding carboxylic acids is 2. The van der Waals surface area contributed by atoms with Crippen molar-refractivity contribution in [3.05, 3.63) is 132 Å². The van der Waals surface area contributed by atoms with Crippen LogP contribution in [0, 0.1) is 0 Å². The van der Waals surface area contributed by atoms with E-state index < -0.39 is 5.25 Å². The van der Waals surface area contributed by atoms with Crippen molar-refractivity contribution in [2.24, 2.45) is 0 Å². The summed E-state index contributed by atoms with van der Waals surface area (Å²) in [7, 11) is 0. The second-order valence-corrected chi connectivity index (χ2v) is 8.60. The summed E-state index contributed by atoms with van der Waals surface area (Å²) in [5.74, 6) is -0.417. The Bertz CT molecular complexity index is 1200. The highest BCUT2D eigenvalue weighted by molar-refractivity contribution is 8.00. The first-order chi connectivity index (χ1) is 16.2. The molecule has 4 nitrogen and oxygen atoms in total. The predicted molar refractivity (Wildman–Crippen MR) is 134 cm³/mol. The molecule has 0 aliphatic rings. The first-order valence-electron chi connectivity index (χ1n) is 10.7. The summed E-state index contributed by atoms with van der Waals surface area (Å²) in [6, 6.07) is 36.3. The van der Waals surface area contributed by atoms with E-state index in [9.17, 15) is 9.59 Å². The summed E-state index contributed by atoms with van der Waals surface area (Å²) in [6.45, 7) is 0.415. The van der Waals surface area contributed by atoms with Gasteiger partial charge < -0.3 is 10.6 Å². The first kappa shape index (κ1) is 22.4. The molecule has 0 radical (unpaired) electrons. The zero-order chi connectivity index (χ0) is 22.9. The molecule has 0 saturated heterocycles. The molecule has 0 aromatic heterocycles. The van der Waals surface area contributed by atoms with Crippen molar-refractivity contribution in [1.82, 2.24) is 5.32 Å². The van der Waals surface area contributed by atoms with Crippen LogP contribution in [0.5, 0.6) is 0 Å². The molecule has 0 aliphatic carbocycles. The van der Waals surface area contributed by atoms with Crippen molar-refractivity contribution in [3.8, 4) is 0 Å². The van der Waals surface area contributed by atoms with E-state index in [1.807, 2.05) is 97.1 Å². The van der Waals surface area contributed by atoms with Crippen molar-refractivity contribution in [1.29, 1.82) is 0 Å². The van der Waals surface area contributed by atoms with E-state index in [4.69, 9.17) is 0 Å². The molecular weight excluding hydrogens is 428 g/mol. The number of carbonyl (C=O) groups is 2. The molecule has 5 heteroatoms. The van der Waals surface area contributed by atoms with Crippen LogP contribution >= 0.6 is 11.8 Å². The number of nitrogens with one attached hydrogen (secondary N) is 2. The third-order valence-electron chi connectivity index (χ3n) is 5.06. The van der Waals surface area contributed by atoms with Gasteiger partial charge >= 0.3 is 0 Å². The highest BCUT2D eigenvalue weighted by Crippen LogP contribution is 2.36. The molecule has 1 atom stereocenters. The maximum absolute atomic E-state index is 13.4. The molecule has 0 aliphatic heterocycles. The van der Waals surface area contributed by atoms with Gasteiger partial charge in [0.1, 0.15) is 5.25 Å². The van der Waals surface area contributed by atoms with Crippen LogP contribution in [-0.2, 0) is 11.3 Å². The van der Waals surface area contributed by atoms with Crippen LogP contribution in [0.2, 0.25) is 0 Å². The molecule has 4 aromatic carbocycles. The van der Waals surface area contributed by atoms with Gasteiger partial charge in [0.25, 0.3) is 5.91 Å². The fourth-order valence-corrected chi connectivity index (χ4v) is 4.44. The van der Waals surface area contributed by atoms with E-state index in [0.29, 0.717) is 17.8 Å². The number of amides is 2. The third kappa shape index (κ3) is 6.11. The topological polar surface area (TPSA) is 58.2 Å². The minimum Gasteiger partial charge on any atom is -0.348 e. The lowest BCUT2D eigenvalue weighted by molar-refractivity contribution is -0.115. The van der Waals surface area contributed by atoms with Gasteiger partial charge in [0.2, 0.25) is 5.91 Å². The Morgan fingerprint density at radius 1 is 0.697 bits per heavy atom. The Labute approximate surface area is 198 Å². The SMILES string of the molecule is O=C(NCc1ccccc1)c1ccccc1NC(=O)C(Sc1ccccc1)c1ccccc1. The number of rotatable bonds is 8. The molecule has 0 heterocycles. The van der Waals surface area contributed by atoms with Crippen LogP contribution in [0.1, 0.15) is 26.7 Å². The summed E-state index contributed by atoms with van der Waals surface area (Å²) >= 11 is 1.48. The summed E-state index contributed by atoms with van der Waals surface area (Å²) in [6.07, 6.45) is 0. The fourth-order valence-electron chi connectivity index (χ4n) is 3.40. The summed E-state index contributed by atoms with van der Waals surface area (Å²) in [5.41, 5.74) is 2.83. The lowest BCUT2D eigenvalue weighted by Gasteiger charge is -2.18. The Hall–Kier alpha value is -3.83. The maximum Gasteiger partial charge on any atom is 0.253 e. The van der Waals surface area contributed by atoms with E-state index in [1.54, 1.807) is 18.2 Å². The molecule has 2 amide bonds. The molecule has 4 aromatic rings. The largest absolute Gasteiger partial charge is 0.348 e. The van der Waals surface area contributed by atoms with Gasteiger partial charge in [0, 0.05) is 11.4 Å². The molecule has 4 rings (SSSR count). The summed E-state index contributed by atoms with van der Waals surface area (Å²) < 4.78 is 0. The predicted octanol–water partition coefficient (Wildman–Crippen LogP) is 6.09. The van der Waals surface area contributed by atoms with Crippen molar-refractivity contribution in [2.45, 2.75) is 16.7 Å². The lowest BCUT2D eigenvalue weighted by atomic mass is 10.1. The Morgan fingerprint density at radius 2 is 1.27 bits per heavy atom. The zero-order valence-corrected chi connectivity index (χ0v) is 18.8. The maximum atomic E-state index is 13.4. The highest BCUT2D eigenvalue weighted by atomic mass is 32.2. The number of para-hydroxylation sites is 1. The average Bonchev–Trinajstić information content (AvgIpc) is 2.88. The molecule has 164 valence electrons. The van der Waals surface area contributed by atoms with Gasteiger partial charge in [-0.25, -0.2) is 0 Å². The van der Waals surface area contributed by atoms with Gasteiger partial charge in [-0.05, 0) is 35.4 Å². The highest BCUT2D eigenvalue weighted by Gasteiger charge is 2.23. The van der Waals surface area contributed by atoms with Crippen LogP contribution < -0.4 is 10.6 Å². The zero-order valence-electron chi connectivity index (χ0n) is 18.0. The molecule has 0 fully saturated rings. The standard InChI is InChI=1S/C28H24N2O2S/c31-27(29-20-21-12-4-1-5-13-21)24-18-10-11-19-25(24)30-28(32)26(22-14-6-2-7-15-22)33-23-16-8-3-9-17-23/h1-19,26H,20H2,(H,29,31)(H,30,32). The molecule has 0 spiro atoms. The summed E-state index contributed by atoms with van der Waals surface area (Å²) in [5, 5.41) is 5.46. The van der Waals surface area contributed by atoms with E-state index in [-0.39, 0.29) is 11.8 Å². The smallest absolute Gasteiger partial charge is 0.253 e. The first-order valence-corrected chi connectivity index (χ1v) is 11.6. The van der Waals surface area contributed by atoms with Gasteiger partial charge in [0.05, 0.1) is 11.3 Å². The van der Waals surface area contributed by atoms with Crippen LogP contribution in [-0.4, -0.2) is 11.8 Å². The molecule has 0 saturated carbocycles. The molecular formula is C28H24N2O2S. The number of hydrogen-bond donors (Lipinski definition) is 2. The fraction of sp³-hybridized carbons (Fsp3) is 0.0714. The average molecular weight is 453 g/mol. The monoisotopic (exact) mass is 452 g/mol. The van der Waals surface area contributed by atoms with Crippen molar-refractivity contribution >= 4 is 29.3 Å². The molecule has 2 N–H and O–H groups in total. The summed E-state index contributed by atoms with van der Waals surface area (Å²) in [4.78, 5) is 27.3. The Balaban J connectivity index is 1.53. The molecule has 1 unspecified atom stereocenters. The Kier molecular flexibility index (Phi) is 7.56. The van der Waals surface area contributed by atoms with Gasteiger partial charge in [-0.2, -0.15) is 0 Å². The molecule has 33 heavy (non-hydrogen) atoms. The van der Waals surface area contributed by atoms with Crippen LogP contribution in [0.3, 0.4) is 0 Å². The third-order valence-corrected chi connectivity index (χ3v) is 6.33. The quantitative estimate of drug-likeness (QED) is 0.318. The van der Waals surface area contributed by atoms with Gasteiger partial charge in [-0.1, -0.05) is 91.0 Å². The minimum absolute atomic E-state index is 0.182. The van der Waals surface area contributed by atoms with Crippen molar-refractivity contribution < 1.29 is 9.59 Å². The van der Waals surface area contributed by atoms with Gasteiger partial charge in [-0.3, -0.25) is 9.59 Å². The van der Waals surface area contributed by atoms with E-state index in [1.165, 1.54) is 11.8 Å². The van der Waals surface area contributed by atoms with Crippen molar-refractivity contribution in [2.75, 3.05) is 5.32 Å². The van der Waals surface area contributed by atoms with Crippen LogP contribution in [0.4, 0.5) is 5.69 Å². The van der Waals surface area contributed by atoms with Crippen molar-refractivity contribution in [3.63, 3.8) is 0 Å². The second kappa shape index (κ2) is 11.2. The van der Waals surface area contributed by atoms with Gasteiger partial charge in [0.15, 0.2) is 0 Å². The number of anilines is 1. The van der Waals surface area contributed by atoms with E-state index in [2.05, 4.69) is 10.6 Å². The number of hydrogen-bond acceptors (Lipinski definition) is 3. The van der Waals surface area contributed by atoms with Gasteiger partial charge in [-0.15, -0.1) is 11.8 Å².